The maximum absolute atomic E-state index is 11.4. The van der Waals surface area contributed by atoms with Crippen LogP contribution in [0.5, 0.6) is 0 Å². The second kappa shape index (κ2) is 9.16. The molecule has 2 N–H and O–H groups in total. The molecule has 0 aliphatic heterocycles. The quantitative estimate of drug-likeness (QED) is 0.741. The summed E-state index contributed by atoms with van der Waals surface area (Å²) >= 11 is 17.2. The zero-order valence-corrected chi connectivity index (χ0v) is 13.3. The lowest BCUT2D eigenvalue weighted by atomic mass is 10.2. The number of hydrogen-bond acceptors (Lipinski definition) is 2. The van der Waals surface area contributed by atoms with Gasteiger partial charge in [0.05, 0.1) is 0 Å². The molecule has 0 unspecified atom stereocenters. The van der Waals surface area contributed by atoms with Crippen LogP contribution >= 0.6 is 34.8 Å². The van der Waals surface area contributed by atoms with Gasteiger partial charge >= 0.3 is 6.03 Å². The van der Waals surface area contributed by atoms with E-state index in [0.29, 0.717) is 24.2 Å². The van der Waals surface area contributed by atoms with Crippen LogP contribution in [0, 0.1) is 0 Å². The predicted molar refractivity (Wildman–Crippen MR) is 87.7 cm³/mol. The Morgan fingerprint density at radius 1 is 0.900 bits per heavy atom. The van der Waals surface area contributed by atoms with Gasteiger partial charge in [-0.3, -0.25) is 4.90 Å². The number of halogens is 3. The molecule has 0 fully saturated rings. The number of primary amides is 1. The van der Waals surface area contributed by atoms with Crippen molar-refractivity contribution in [2.45, 2.75) is 0 Å². The van der Waals surface area contributed by atoms with E-state index in [0.717, 1.165) is 24.5 Å². The summed E-state index contributed by atoms with van der Waals surface area (Å²) in [7, 11) is 0. The Kier molecular flexibility index (Phi) is 7.88. The van der Waals surface area contributed by atoms with E-state index in [4.69, 9.17) is 40.5 Å². The summed E-state index contributed by atoms with van der Waals surface area (Å²) in [6.45, 7) is 1.81. The molecule has 2 amide bonds. The molecule has 4 nitrogen and oxygen atoms in total. The Labute approximate surface area is 134 Å². The SMILES string of the molecule is NC(=O)N(CCCl)c1ccc(N(CCCl)CCCl)cc1. The molecule has 1 aromatic rings. The first-order chi connectivity index (χ1) is 9.63. The van der Waals surface area contributed by atoms with Crippen LogP contribution in [0.4, 0.5) is 16.2 Å². The Hall–Kier alpha value is -0.840. The fourth-order valence-electron chi connectivity index (χ4n) is 1.87. The van der Waals surface area contributed by atoms with Crippen LogP contribution in [-0.4, -0.2) is 43.3 Å². The highest BCUT2D eigenvalue weighted by Gasteiger charge is 2.12. The standard InChI is InChI=1S/C13H18Cl3N3O/c14-5-8-18(9-6-15)11-1-3-12(4-2-11)19(10-7-16)13(17)20/h1-4H,5-10H2,(H2,17,20). The van der Waals surface area contributed by atoms with Gasteiger partial charge in [-0.15, -0.1) is 34.8 Å². The average Bonchev–Trinajstić information content (AvgIpc) is 2.44. The largest absolute Gasteiger partial charge is 0.369 e. The van der Waals surface area contributed by atoms with Gasteiger partial charge in [0, 0.05) is 48.6 Å². The molecule has 0 saturated carbocycles. The number of amides is 2. The van der Waals surface area contributed by atoms with E-state index in [-0.39, 0.29) is 0 Å². The maximum atomic E-state index is 11.4. The van der Waals surface area contributed by atoms with Crippen LogP contribution < -0.4 is 15.5 Å². The summed E-state index contributed by atoms with van der Waals surface area (Å²) in [5.41, 5.74) is 7.06. The second-order valence-electron chi connectivity index (χ2n) is 4.06. The Balaban J connectivity index is 2.87. The van der Waals surface area contributed by atoms with Gasteiger partial charge in [0.15, 0.2) is 0 Å². The van der Waals surface area contributed by atoms with Gasteiger partial charge in [0.2, 0.25) is 0 Å². The number of benzene rings is 1. The number of anilines is 2. The zero-order chi connectivity index (χ0) is 15.0. The molecule has 0 aliphatic carbocycles. The normalized spacial score (nSPS) is 10.3. The van der Waals surface area contributed by atoms with E-state index in [1.165, 1.54) is 4.90 Å². The minimum absolute atomic E-state index is 0.329. The summed E-state index contributed by atoms with van der Waals surface area (Å²) in [4.78, 5) is 14.9. The van der Waals surface area contributed by atoms with Crippen molar-refractivity contribution in [3.05, 3.63) is 24.3 Å². The number of nitrogens with zero attached hydrogens (tertiary/aromatic N) is 2. The highest BCUT2D eigenvalue weighted by molar-refractivity contribution is 6.19. The zero-order valence-electron chi connectivity index (χ0n) is 11.1. The first kappa shape index (κ1) is 17.2. The highest BCUT2D eigenvalue weighted by atomic mass is 35.5. The molecule has 0 saturated heterocycles. The lowest BCUT2D eigenvalue weighted by molar-refractivity contribution is 0.254. The van der Waals surface area contributed by atoms with Gasteiger partial charge in [0.1, 0.15) is 0 Å². The predicted octanol–water partition coefficient (Wildman–Crippen LogP) is 3.09. The summed E-state index contributed by atoms with van der Waals surface area (Å²) in [5, 5.41) is 0. The van der Waals surface area contributed by atoms with E-state index in [9.17, 15) is 4.79 Å². The molecular weight excluding hydrogens is 321 g/mol. The lowest BCUT2D eigenvalue weighted by Crippen LogP contribution is -2.37. The Morgan fingerprint density at radius 2 is 1.35 bits per heavy atom. The summed E-state index contributed by atoms with van der Waals surface area (Å²) < 4.78 is 0. The van der Waals surface area contributed by atoms with Crippen LogP contribution in [0.15, 0.2) is 24.3 Å². The van der Waals surface area contributed by atoms with Crippen molar-refractivity contribution >= 4 is 52.2 Å². The van der Waals surface area contributed by atoms with Crippen LogP contribution in [0.1, 0.15) is 0 Å². The Morgan fingerprint density at radius 3 is 1.75 bits per heavy atom. The van der Waals surface area contributed by atoms with Gasteiger partial charge in [-0.25, -0.2) is 4.79 Å². The summed E-state index contributed by atoms with van der Waals surface area (Å²) in [6, 6.07) is 6.98. The van der Waals surface area contributed by atoms with Crippen molar-refractivity contribution in [3.63, 3.8) is 0 Å². The van der Waals surface area contributed by atoms with Crippen LogP contribution in [-0.2, 0) is 0 Å². The molecule has 7 heteroatoms. The molecule has 0 bridgehead atoms. The third-order valence-corrected chi connectivity index (χ3v) is 3.32. The summed E-state index contributed by atoms with van der Waals surface area (Å²) in [5.74, 6) is 1.38. The van der Waals surface area contributed by atoms with Crippen LogP contribution in [0.2, 0.25) is 0 Å². The molecule has 0 aromatic heterocycles. The number of carbonyl (C=O) groups is 1. The summed E-state index contributed by atoms with van der Waals surface area (Å²) in [6.07, 6.45) is 0. The molecule has 112 valence electrons. The highest BCUT2D eigenvalue weighted by Crippen LogP contribution is 2.21. The fourth-order valence-corrected chi connectivity index (χ4v) is 2.45. The Bertz CT molecular complexity index is 408. The number of carbonyl (C=O) groups excluding carboxylic acids is 1. The average molecular weight is 339 g/mol. The number of rotatable bonds is 8. The minimum Gasteiger partial charge on any atom is -0.369 e. The van der Waals surface area contributed by atoms with Crippen molar-refractivity contribution in [1.29, 1.82) is 0 Å². The molecule has 20 heavy (non-hydrogen) atoms. The monoisotopic (exact) mass is 337 g/mol. The first-order valence-electron chi connectivity index (χ1n) is 6.24. The number of hydrogen-bond donors (Lipinski definition) is 1. The third kappa shape index (κ3) is 4.93. The molecule has 0 radical (unpaired) electrons. The number of nitrogens with two attached hydrogens (primary N) is 1. The van der Waals surface area contributed by atoms with Crippen LogP contribution in [0.25, 0.3) is 0 Å². The van der Waals surface area contributed by atoms with E-state index < -0.39 is 6.03 Å². The van der Waals surface area contributed by atoms with Crippen molar-refractivity contribution in [2.75, 3.05) is 47.1 Å². The van der Waals surface area contributed by atoms with Gasteiger partial charge in [-0.2, -0.15) is 0 Å². The van der Waals surface area contributed by atoms with E-state index in [2.05, 4.69) is 4.90 Å². The van der Waals surface area contributed by atoms with Crippen molar-refractivity contribution in [1.82, 2.24) is 0 Å². The van der Waals surface area contributed by atoms with Gasteiger partial charge in [0.25, 0.3) is 0 Å². The molecule has 0 heterocycles. The molecule has 0 atom stereocenters. The van der Waals surface area contributed by atoms with Crippen LogP contribution in [0.3, 0.4) is 0 Å². The molecule has 0 spiro atoms. The van der Waals surface area contributed by atoms with Crippen molar-refractivity contribution < 1.29 is 4.79 Å². The maximum Gasteiger partial charge on any atom is 0.319 e. The molecule has 1 rings (SSSR count). The molecule has 0 aliphatic rings. The number of urea groups is 1. The number of alkyl halides is 3. The van der Waals surface area contributed by atoms with Crippen molar-refractivity contribution in [2.24, 2.45) is 5.73 Å². The third-order valence-electron chi connectivity index (χ3n) is 2.81. The van der Waals surface area contributed by atoms with Gasteiger partial charge < -0.3 is 10.6 Å². The fraction of sp³-hybridized carbons (Fsp3) is 0.462. The lowest BCUT2D eigenvalue weighted by Gasteiger charge is -2.24. The minimum atomic E-state index is -0.517. The second-order valence-corrected chi connectivity index (χ2v) is 5.19. The molecular formula is C13H18Cl3N3O. The first-order valence-corrected chi connectivity index (χ1v) is 7.84. The van der Waals surface area contributed by atoms with E-state index in [1.807, 2.05) is 24.3 Å². The van der Waals surface area contributed by atoms with Gasteiger partial charge in [-0.05, 0) is 24.3 Å². The smallest absolute Gasteiger partial charge is 0.319 e. The van der Waals surface area contributed by atoms with Gasteiger partial charge in [-0.1, -0.05) is 0 Å². The topological polar surface area (TPSA) is 49.6 Å². The molecule has 1 aromatic carbocycles. The van der Waals surface area contributed by atoms with E-state index >= 15 is 0 Å². The van der Waals surface area contributed by atoms with Crippen molar-refractivity contribution in [3.8, 4) is 0 Å². The van der Waals surface area contributed by atoms with E-state index in [1.54, 1.807) is 0 Å².